The van der Waals surface area contributed by atoms with E-state index >= 15 is 0 Å². The van der Waals surface area contributed by atoms with Gasteiger partial charge in [0.25, 0.3) is 5.56 Å². The van der Waals surface area contributed by atoms with Crippen molar-refractivity contribution in [1.29, 1.82) is 0 Å². The smallest absolute Gasteiger partial charge is 0.258 e. The Labute approximate surface area is 141 Å². The number of aromatic nitrogens is 1. The highest BCUT2D eigenvalue weighted by molar-refractivity contribution is 7.70. The van der Waals surface area contributed by atoms with Gasteiger partial charge in [0, 0.05) is 30.7 Å². The number of fused-ring (bicyclic) bond motifs is 1. The Morgan fingerprint density at radius 3 is 2.46 bits per heavy atom. The number of aryl methyl sites for hydroxylation is 2. The molecule has 124 valence electrons. The zero-order valence-electron chi connectivity index (χ0n) is 13.4. The first-order chi connectivity index (χ1) is 11.5. The number of rotatable bonds is 4. The third-order valence-electron chi connectivity index (χ3n) is 4.10. The van der Waals surface area contributed by atoms with Crippen LogP contribution in [0, 0.1) is 6.92 Å². The summed E-state index contributed by atoms with van der Waals surface area (Å²) in [6.45, 7) is 2.25. The molecule has 0 unspecified atom stereocenters. The van der Waals surface area contributed by atoms with E-state index in [1.165, 1.54) is 0 Å². The van der Waals surface area contributed by atoms with Crippen LogP contribution in [0.3, 0.4) is 0 Å². The molecule has 0 bridgehead atoms. The zero-order valence-corrected chi connectivity index (χ0v) is 14.3. The van der Waals surface area contributed by atoms with Gasteiger partial charge >= 0.3 is 0 Å². The van der Waals surface area contributed by atoms with Gasteiger partial charge in [-0.2, -0.15) is 0 Å². The Bertz CT molecular complexity index is 1040. The molecule has 1 heterocycles. The topological polar surface area (TPSA) is 68.2 Å². The Morgan fingerprint density at radius 1 is 1.04 bits per heavy atom. The van der Waals surface area contributed by atoms with Crippen molar-refractivity contribution in [2.45, 2.75) is 13.5 Å². The van der Waals surface area contributed by atoms with Crippen LogP contribution in [0.2, 0.25) is 0 Å². The number of thiol groups is 1. The predicted octanol–water partition coefficient (Wildman–Crippen LogP) is 2.13. The van der Waals surface area contributed by atoms with Gasteiger partial charge in [-0.25, -0.2) is 13.1 Å². The van der Waals surface area contributed by atoms with Gasteiger partial charge in [0.05, 0.1) is 0 Å². The monoisotopic (exact) mass is 342 g/mol. The second kappa shape index (κ2) is 6.59. The first-order valence-electron chi connectivity index (χ1n) is 7.53. The van der Waals surface area contributed by atoms with Gasteiger partial charge in [-0.1, -0.05) is 30.3 Å². The number of nitrogens with zero attached hydrogens (tertiary/aromatic N) is 1. The molecule has 0 saturated carbocycles. The van der Waals surface area contributed by atoms with Crippen molar-refractivity contribution in [2.24, 2.45) is 7.05 Å². The number of pyridine rings is 1. The number of hydrogen-bond donors (Lipinski definition) is 2. The molecule has 0 atom stereocenters. The maximum atomic E-state index is 12.3. The summed E-state index contributed by atoms with van der Waals surface area (Å²) in [5, 5.41) is 1.56. The van der Waals surface area contributed by atoms with Crippen molar-refractivity contribution < 1.29 is 8.42 Å². The lowest BCUT2D eigenvalue weighted by molar-refractivity contribution is 0.601. The zero-order chi connectivity index (χ0) is 17.3. The van der Waals surface area contributed by atoms with E-state index < -0.39 is 10.9 Å². The minimum absolute atomic E-state index is 0.0341. The number of benzene rings is 2. The van der Waals surface area contributed by atoms with Crippen LogP contribution in [0.15, 0.2) is 53.5 Å². The number of nitrogens with one attached hydrogen (secondary N) is 1. The molecular formula is C18H18N2O3S. The summed E-state index contributed by atoms with van der Waals surface area (Å²) in [5.74, 6) is 0. The Kier molecular flexibility index (Phi) is 4.51. The van der Waals surface area contributed by atoms with Gasteiger partial charge in [-0.05, 0) is 41.1 Å². The molecule has 0 fully saturated rings. The van der Waals surface area contributed by atoms with Gasteiger partial charge in [0.15, 0.2) is 0 Å². The number of hydrogen-bond acceptors (Lipinski definition) is 3. The van der Waals surface area contributed by atoms with Crippen LogP contribution in [0.25, 0.3) is 21.9 Å². The summed E-state index contributed by atoms with van der Waals surface area (Å²) in [5.41, 5.74) is 3.84. The fraction of sp³-hybridized carbons (Fsp3) is 0.167. The van der Waals surface area contributed by atoms with E-state index in [1.807, 2.05) is 55.6 Å². The summed E-state index contributed by atoms with van der Waals surface area (Å²) in [4.78, 5) is 12.3. The van der Waals surface area contributed by atoms with Crippen molar-refractivity contribution in [2.75, 3.05) is 0 Å². The van der Waals surface area contributed by atoms with E-state index in [-0.39, 0.29) is 12.1 Å². The molecule has 3 rings (SSSR count). The van der Waals surface area contributed by atoms with E-state index in [0.717, 1.165) is 27.6 Å². The predicted molar refractivity (Wildman–Crippen MR) is 96.5 cm³/mol. The highest BCUT2D eigenvalue weighted by Gasteiger charge is 2.11. The molecule has 2 aromatic carbocycles. The Morgan fingerprint density at radius 2 is 1.75 bits per heavy atom. The minimum Gasteiger partial charge on any atom is -0.317 e. The molecule has 6 heteroatoms. The average Bonchev–Trinajstić information content (AvgIpc) is 2.57. The molecule has 0 spiro atoms. The first kappa shape index (κ1) is 16.4. The normalized spacial score (nSPS) is 11.3. The fourth-order valence-electron chi connectivity index (χ4n) is 2.86. The van der Waals surface area contributed by atoms with Crippen LogP contribution < -0.4 is 10.3 Å². The maximum absolute atomic E-state index is 12.3. The Hall–Kier alpha value is -2.44. The van der Waals surface area contributed by atoms with Crippen molar-refractivity contribution in [3.05, 3.63) is 70.1 Å². The largest absolute Gasteiger partial charge is 0.317 e. The maximum Gasteiger partial charge on any atom is 0.258 e. The van der Waals surface area contributed by atoms with E-state index in [9.17, 15) is 13.2 Å². The van der Waals surface area contributed by atoms with Crippen LogP contribution in [0.5, 0.6) is 0 Å². The fourth-order valence-corrected chi connectivity index (χ4v) is 3.17. The summed E-state index contributed by atoms with van der Waals surface area (Å²) in [7, 11) is -0.892. The second-order valence-corrected chi connectivity index (χ2v) is 6.58. The lowest BCUT2D eigenvalue weighted by Gasteiger charge is -2.13. The lowest BCUT2D eigenvalue weighted by atomic mass is 9.95. The van der Waals surface area contributed by atoms with Gasteiger partial charge in [0.2, 0.25) is 10.9 Å². The first-order valence-corrected chi connectivity index (χ1v) is 8.71. The van der Waals surface area contributed by atoms with E-state index in [1.54, 1.807) is 11.6 Å². The van der Waals surface area contributed by atoms with Crippen LogP contribution >= 0.6 is 0 Å². The van der Waals surface area contributed by atoms with Crippen molar-refractivity contribution in [1.82, 2.24) is 9.29 Å². The highest BCUT2D eigenvalue weighted by Crippen LogP contribution is 2.30. The molecule has 0 radical (unpaired) electrons. The molecule has 5 nitrogen and oxygen atoms in total. The van der Waals surface area contributed by atoms with E-state index in [0.29, 0.717) is 5.39 Å². The van der Waals surface area contributed by atoms with Gasteiger partial charge in [-0.15, -0.1) is 0 Å². The van der Waals surface area contributed by atoms with Crippen LogP contribution in [0.4, 0.5) is 0 Å². The van der Waals surface area contributed by atoms with Gasteiger partial charge < -0.3 is 4.57 Å². The third kappa shape index (κ3) is 3.11. The molecule has 0 aliphatic carbocycles. The molecule has 1 aromatic heterocycles. The third-order valence-corrected chi connectivity index (χ3v) is 4.51. The van der Waals surface area contributed by atoms with E-state index in [4.69, 9.17) is 0 Å². The van der Waals surface area contributed by atoms with Gasteiger partial charge in [0.1, 0.15) is 0 Å². The molecule has 1 N–H and O–H groups in total. The molecule has 24 heavy (non-hydrogen) atoms. The summed E-state index contributed by atoms with van der Waals surface area (Å²) < 4.78 is 25.5. The highest BCUT2D eigenvalue weighted by atomic mass is 32.2. The summed E-state index contributed by atoms with van der Waals surface area (Å²) >= 11 is 0. The Balaban J connectivity index is 2.22. The SMILES string of the molecule is Cc1ccc(CN[SH](=O)=O)cc1-c1cn(C)c(=O)c2ccccc12. The molecule has 0 aliphatic rings. The van der Waals surface area contributed by atoms with Crippen LogP contribution in [0.1, 0.15) is 11.1 Å². The summed E-state index contributed by atoms with van der Waals surface area (Å²) in [6, 6.07) is 13.3. The molecule has 3 aromatic rings. The second-order valence-electron chi connectivity index (χ2n) is 5.75. The van der Waals surface area contributed by atoms with Crippen molar-refractivity contribution in [3.63, 3.8) is 0 Å². The van der Waals surface area contributed by atoms with Crippen molar-refractivity contribution >= 4 is 21.7 Å². The minimum atomic E-state index is -2.63. The van der Waals surface area contributed by atoms with Crippen LogP contribution in [-0.4, -0.2) is 13.0 Å². The molecule has 0 amide bonds. The quantitative estimate of drug-likeness (QED) is 0.714. The standard InChI is InChI=1S/C18H18N2O3S/c1-12-7-8-13(10-19-24(22)23)9-16(12)17-11-20(2)18(21)15-6-4-3-5-14(15)17/h3-9,11,24H,10H2,1-2H3,(H,19,22,23). The average molecular weight is 342 g/mol. The molecule has 0 aliphatic heterocycles. The lowest BCUT2D eigenvalue weighted by Crippen LogP contribution is -2.16. The van der Waals surface area contributed by atoms with Gasteiger partial charge in [-0.3, -0.25) is 4.79 Å². The molecule has 0 saturated heterocycles. The van der Waals surface area contributed by atoms with Crippen molar-refractivity contribution in [3.8, 4) is 11.1 Å². The van der Waals surface area contributed by atoms with E-state index in [2.05, 4.69) is 4.72 Å². The molecular weight excluding hydrogens is 324 g/mol. The summed E-state index contributed by atoms with van der Waals surface area (Å²) in [6.07, 6.45) is 1.83. The van der Waals surface area contributed by atoms with Crippen LogP contribution in [-0.2, 0) is 24.5 Å².